The van der Waals surface area contributed by atoms with E-state index >= 15 is 0 Å². The lowest BCUT2D eigenvalue weighted by Crippen LogP contribution is -2.46. The van der Waals surface area contributed by atoms with E-state index in [-0.39, 0.29) is 29.1 Å². The number of hydrogen-bond donors (Lipinski definition) is 2. The van der Waals surface area contributed by atoms with Gasteiger partial charge in [-0.15, -0.1) is 0 Å². The third-order valence-corrected chi connectivity index (χ3v) is 5.84. The number of hydrogen-bond acceptors (Lipinski definition) is 3. The molecule has 2 atom stereocenters. The summed E-state index contributed by atoms with van der Waals surface area (Å²) in [6.45, 7) is 5.03. The highest BCUT2D eigenvalue weighted by Gasteiger charge is 2.59. The summed E-state index contributed by atoms with van der Waals surface area (Å²) in [4.78, 5) is 38.5. The molecule has 0 bridgehead atoms. The number of carboxylic acid groups (broad SMARTS) is 1. The second-order valence-electron chi connectivity index (χ2n) is 8.29. The molecule has 2 unspecified atom stereocenters. The molecule has 0 aromatic heterocycles. The monoisotopic (exact) mass is 372 g/mol. The van der Waals surface area contributed by atoms with Crippen LogP contribution < -0.4 is 5.32 Å². The molecule has 1 saturated heterocycles. The van der Waals surface area contributed by atoms with Crippen LogP contribution in [0.5, 0.6) is 0 Å². The van der Waals surface area contributed by atoms with Gasteiger partial charge < -0.3 is 15.3 Å². The van der Waals surface area contributed by atoms with E-state index in [4.69, 9.17) is 0 Å². The van der Waals surface area contributed by atoms with E-state index in [9.17, 15) is 19.5 Å². The summed E-state index contributed by atoms with van der Waals surface area (Å²) in [5, 5.41) is 12.1. The Morgan fingerprint density at radius 2 is 1.81 bits per heavy atom. The van der Waals surface area contributed by atoms with Gasteiger partial charge >= 0.3 is 5.97 Å². The van der Waals surface area contributed by atoms with Crippen molar-refractivity contribution in [3.05, 3.63) is 35.9 Å². The third kappa shape index (κ3) is 4.31. The molecule has 1 aromatic rings. The number of nitrogens with zero attached hydrogens (tertiary/aromatic N) is 1. The van der Waals surface area contributed by atoms with Crippen LogP contribution >= 0.6 is 0 Å². The first kappa shape index (κ1) is 19.4. The first-order valence-electron chi connectivity index (χ1n) is 9.68. The highest BCUT2D eigenvalue weighted by Crippen LogP contribution is 2.59. The predicted molar refractivity (Wildman–Crippen MR) is 101 cm³/mol. The van der Waals surface area contributed by atoms with Gasteiger partial charge in [-0.05, 0) is 36.2 Å². The highest BCUT2D eigenvalue weighted by molar-refractivity contribution is 5.89. The number of likely N-dealkylation sites (tertiary alicyclic amines) is 1. The van der Waals surface area contributed by atoms with Crippen LogP contribution in [-0.4, -0.2) is 40.9 Å². The molecule has 3 rings (SSSR count). The van der Waals surface area contributed by atoms with E-state index in [1.54, 1.807) is 4.90 Å². The Morgan fingerprint density at radius 1 is 1.19 bits per heavy atom. The fourth-order valence-corrected chi connectivity index (χ4v) is 4.13. The zero-order chi connectivity index (χ0) is 19.6. The third-order valence-electron chi connectivity index (χ3n) is 5.84. The Hall–Kier alpha value is -2.37. The van der Waals surface area contributed by atoms with Crippen LogP contribution in [0, 0.1) is 17.3 Å². The largest absolute Gasteiger partial charge is 0.481 e. The lowest BCUT2D eigenvalue weighted by Gasteiger charge is -2.35. The average molecular weight is 372 g/mol. The van der Waals surface area contributed by atoms with Gasteiger partial charge in [0.1, 0.15) is 6.04 Å². The zero-order valence-corrected chi connectivity index (χ0v) is 16.0. The first-order chi connectivity index (χ1) is 12.8. The maximum absolute atomic E-state index is 13.2. The predicted octanol–water partition coefficient (Wildman–Crippen LogP) is 2.60. The number of piperidine rings is 1. The van der Waals surface area contributed by atoms with Crippen LogP contribution in [0.2, 0.25) is 0 Å². The highest BCUT2D eigenvalue weighted by atomic mass is 16.4. The van der Waals surface area contributed by atoms with E-state index in [1.165, 1.54) is 0 Å². The number of rotatable bonds is 6. The maximum Gasteiger partial charge on any atom is 0.307 e. The van der Waals surface area contributed by atoms with Crippen molar-refractivity contribution < 1.29 is 19.5 Å². The van der Waals surface area contributed by atoms with Crippen LogP contribution in [0.1, 0.15) is 51.1 Å². The molecule has 6 heteroatoms. The number of carbonyl (C=O) groups excluding carboxylic acids is 2. The summed E-state index contributed by atoms with van der Waals surface area (Å²) < 4.78 is 0. The molecule has 2 N–H and O–H groups in total. The summed E-state index contributed by atoms with van der Waals surface area (Å²) in [5.41, 5.74) is 0.654. The van der Waals surface area contributed by atoms with Gasteiger partial charge in [-0.2, -0.15) is 0 Å². The first-order valence-corrected chi connectivity index (χ1v) is 9.68. The van der Waals surface area contributed by atoms with E-state index < -0.39 is 12.0 Å². The number of carbonyl (C=O) groups is 3. The van der Waals surface area contributed by atoms with Gasteiger partial charge in [0.25, 0.3) is 0 Å². The normalized spacial score (nSPS) is 21.7. The van der Waals surface area contributed by atoms with Crippen LogP contribution in [0.4, 0.5) is 0 Å². The molecule has 2 amide bonds. The van der Waals surface area contributed by atoms with Crippen molar-refractivity contribution in [3.8, 4) is 0 Å². The summed E-state index contributed by atoms with van der Waals surface area (Å²) in [6, 6.07) is 8.61. The Morgan fingerprint density at radius 3 is 2.33 bits per heavy atom. The Balaban J connectivity index is 1.68. The van der Waals surface area contributed by atoms with E-state index in [0.717, 1.165) is 24.8 Å². The van der Waals surface area contributed by atoms with Crippen LogP contribution in [0.3, 0.4) is 0 Å². The van der Waals surface area contributed by atoms with Gasteiger partial charge in [0, 0.05) is 19.5 Å². The lowest BCUT2D eigenvalue weighted by molar-refractivity contribution is -0.140. The molecule has 1 aliphatic carbocycles. The SMILES string of the molecule is CC(C)CC(=O)NC(C(=O)N1CCC2(CC1)CC2C(=O)O)c1ccccc1. The van der Waals surface area contributed by atoms with Gasteiger partial charge in [0.05, 0.1) is 5.92 Å². The van der Waals surface area contributed by atoms with Crippen LogP contribution in [0.15, 0.2) is 30.3 Å². The molecule has 6 nitrogen and oxygen atoms in total. The summed E-state index contributed by atoms with van der Waals surface area (Å²) in [6.07, 6.45) is 2.53. The molecule has 1 aromatic carbocycles. The smallest absolute Gasteiger partial charge is 0.307 e. The van der Waals surface area contributed by atoms with Crippen LogP contribution in [-0.2, 0) is 14.4 Å². The number of amides is 2. The van der Waals surface area contributed by atoms with Crippen molar-refractivity contribution in [1.29, 1.82) is 0 Å². The molecular formula is C21H28N2O4. The van der Waals surface area contributed by atoms with Crippen molar-refractivity contribution in [2.75, 3.05) is 13.1 Å². The number of aliphatic carboxylic acids is 1. The number of carboxylic acids is 1. The van der Waals surface area contributed by atoms with E-state index in [1.807, 2.05) is 44.2 Å². The number of nitrogens with one attached hydrogen (secondary N) is 1. The molecule has 27 heavy (non-hydrogen) atoms. The van der Waals surface area contributed by atoms with Crippen molar-refractivity contribution in [3.63, 3.8) is 0 Å². The van der Waals surface area contributed by atoms with Gasteiger partial charge in [0.15, 0.2) is 0 Å². The minimum Gasteiger partial charge on any atom is -0.481 e. The summed E-state index contributed by atoms with van der Waals surface area (Å²) >= 11 is 0. The quantitative estimate of drug-likeness (QED) is 0.804. The fraction of sp³-hybridized carbons (Fsp3) is 0.571. The van der Waals surface area contributed by atoms with Crippen LogP contribution in [0.25, 0.3) is 0 Å². The van der Waals surface area contributed by atoms with Gasteiger partial charge in [-0.3, -0.25) is 14.4 Å². The molecule has 2 aliphatic rings. The summed E-state index contributed by atoms with van der Waals surface area (Å²) in [7, 11) is 0. The fourth-order valence-electron chi connectivity index (χ4n) is 4.13. The summed E-state index contributed by atoms with van der Waals surface area (Å²) in [5.74, 6) is -1.01. The second kappa shape index (κ2) is 7.71. The minimum atomic E-state index is -0.724. The van der Waals surface area contributed by atoms with Crippen molar-refractivity contribution in [2.45, 2.75) is 45.6 Å². The molecule has 2 fully saturated rings. The minimum absolute atomic E-state index is 0.110. The Kier molecular flexibility index (Phi) is 5.53. The van der Waals surface area contributed by atoms with Crippen molar-refractivity contribution >= 4 is 17.8 Å². The number of benzene rings is 1. The molecule has 1 saturated carbocycles. The molecule has 1 heterocycles. The van der Waals surface area contributed by atoms with E-state index in [0.29, 0.717) is 19.5 Å². The van der Waals surface area contributed by atoms with Crippen molar-refractivity contribution in [2.24, 2.45) is 17.3 Å². The van der Waals surface area contributed by atoms with Gasteiger partial charge in [0.2, 0.25) is 11.8 Å². The van der Waals surface area contributed by atoms with Gasteiger partial charge in [-0.25, -0.2) is 0 Å². The molecule has 0 radical (unpaired) electrons. The standard InChI is InChI=1S/C21H28N2O4/c1-14(2)12-17(24)22-18(15-6-4-3-5-7-15)19(25)23-10-8-21(9-11-23)13-16(21)20(26)27/h3-7,14,16,18H,8-13H2,1-2H3,(H,22,24)(H,26,27). The topological polar surface area (TPSA) is 86.7 Å². The Labute approximate surface area is 159 Å². The zero-order valence-electron chi connectivity index (χ0n) is 16.0. The molecule has 146 valence electrons. The Bertz CT molecular complexity index is 708. The van der Waals surface area contributed by atoms with Gasteiger partial charge in [-0.1, -0.05) is 44.2 Å². The molecule has 1 spiro atoms. The van der Waals surface area contributed by atoms with E-state index in [2.05, 4.69) is 5.32 Å². The maximum atomic E-state index is 13.2. The average Bonchev–Trinajstić information content (AvgIpc) is 3.34. The molecule has 1 aliphatic heterocycles. The van der Waals surface area contributed by atoms with Crippen molar-refractivity contribution in [1.82, 2.24) is 10.2 Å². The lowest BCUT2D eigenvalue weighted by atomic mass is 9.90. The molecular weight excluding hydrogens is 344 g/mol. The second-order valence-corrected chi connectivity index (χ2v) is 8.29.